The van der Waals surface area contributed by atoms with E-state index in [0.717, 1.165) is 0 Å². The molecule has 0 bridgehead atoms. The fourth-order valence-corrected chi connectivity index (χ4v) is 3.94. The van der Waals surface area contributed by atoms with Crippen LogP contribution in [0.3, 0.4) is 0 Å². The normalized spacial score (nSPS) is 11.2. The smallest absolute Gasteiger partial charge is 0.171 e. The zero-order valence-corrected chi connectivity index (χ0v) is 18.9. The van der Waals surface area contributed by atoms with E-state index in [1.54, 1.807) is 11.1 Å². The molecule has 0 radical (unpaired) electrons. The minimum absolute atomic E-state index is 1.20. The van der Waals surface area contributed by atoms with E-state index in [4.69, 9.17) is 0 Å². The van der Waals surface area contributed by atoms with Gasteiger partial charge in [0.25, 0.3) is 0 Å². The quantitative estimate of drug-likeness (QED) is 0.181. The van der Waals surface area contributed by atoms with E-state index >= 15 is 0 Å². The van der Waals surface area contributed by atoms with Gasteiger partial charge in [-0.25, -0.2) is 4.57 Å². The summed E-state index contributed by atoms with van der Waals surface area (Å²) in [5.41, 5.74) is 3.15. The molecule has 0 atom stereocenters. The van der Waals surface area contributed by atoms with Crippen molar-refractivity contribution in [3.63, 3.8) is 0 Å². The van der Waals surface area contributed by atoms with Crippen molar-refractivity contribution in [3.05, 3.63) is 29.6 Å². The Morgan fingerprint density at radius 1 is 0.519 bits per heavy atom. The molecule has 0 aromatic carbocycles. The molecule has 27 heavy (non-hydrogen) atoms. The average Bonchev–Trinajstić information content (AvgIpc) is 2.67. The van der Waals surface area contributed by atoms with Gasteiger partial charge in [-0.2, -0.15) is 0 Å². The molecule has 1 aromatic heterocycles. The number of hydrogen-bond donors (Lipinski definition) is 0. The molecule has 0 aliphatic carbocycles. The topological polar surface area (TPSA) is 3.88 Å². The highest BCUT2D eigenvalue weighted by Crippen LogP contribution is 2.13. The van der Waals surface area contributed by atoms with Crippen LogP contribution in [0.4, 0.5) is 0 Å². The van der Waals surface area contributed by atoms with E-state index in [9.17, 15) is 0 Å². The number of aromatic nitrogens is 1. The van der Waals surface area contributed by atoms with Crippen LogP contribution in [0.2, 0.25) is 0 Å². The van der Waals surface area contributed by atoms with E-state index in [1.807, 2.05) is 0 Å². The molecule has 0 N–H and O–H groups in total. The second-order valence-electron chi connectivity index (χ2n) is 8.53. The Bertz CT molecular complexity index is 373. The number of unbranched alkanes of at least 4 members (excludes halogenated alkanes) is 12. The summed E-state index contributed by atoms with van der Waals surface area (Å²) in [5, 5.41) is 0. The van der Waals surface area contributed by atoms with Gasteiger partial charge >= 0.3 is 0 Å². The van der Waals surface area contributed by atoms with E-state index < -0.39 is 0 Å². The van der Waals surface area contributed by atoms with Crippen LogP contribution in [-0.2, 0) is 19.4 Å². The summed E-state index contributed by atoms with van der Waals surface area (Å²) in [6.45, 7) is 8.10. The SMILES string of the molecule is CCCCCCCc1cc(CCCCCCC)c[n+](CCCCCCC)c1. The lowest BCUT2D eigenvalue weighted by atomic mass is 10.0. The van der Waals surface area contributed by atoms with Gasteiger partial charge < -0.3 is 0 Å². The van der Waals surface area contributed by atoms with Gasteiger partial charge in [-0.3, -0.25) is 0 Å². The molecule has 0 amide bonds. The summed E-state index contributed by atoms with van der Waals surface area (Å²) >= 11 is 0. The molecule has 156 valence electrons. The third kappa shape index (κ3) is 13.0. The van der Waals surface area contributed by atoms with Crippen LogP contribution >= 0.6 is 0 Å². The number of hydrogen-bond acceptors (Lipinski definition) is 0. The summed E-state index contributed by atoms with van der Waals surface area (Å²) in [6, 6.07) is 2.51. The van der Waals surface area contributed by atoms with Gasteiger partial charge in [0.2, 0.25) is 0 Å². The van der Waals surface area contributed by atoms with Crippen LogP contribution in [0.5, 0.6) is 0 Å². The van der Waals surface area contributed by atoms with Crippen LogP contribution in [0.1, 0.15) is 128 Å². The second kappa shape index (κ2) is 17.3. The van der Waals surface area contributed by atoms with Gasteiger partial charge in [-0.1, -0.05) is 91.4 Å². The predicted octanol–water partition coefficient (Wildman–Crippen LogP) is 7.97. The molecule has 1 aromatic rings. The van der Waals surface area contributed by atoms with Crippen molar-refractivity contribution >= 4 is 0 Å². The van der Waals surface area contributed by atoms with Crippen LogP contribution < -0.4 is 4.57 Å². The summed E-state index contributed by atoms with van der Waals surface area (Å²) in [7, 11) is 0. The number of aryl methyl sites for hydroxylation is 3. The van der Waals surface area contributed by atoms with Gasteiger partial charge in [0.1, 0.15) is 6.54 Å². The van der Waals surface area contributed by atoms with Gasteiger partial charge in [0.15, 0.2) is 12.4 Å². The molecule has 1 rings (SSSR count). The van der Waals surface area contributed by atoms with Gasteiger partial charge in [-0.15, -0.1) is 0 Å². The van der Waals surface area contributed by atoms with Gasteiger partial charge in [0, 0.05) is 17.5 Å². The maximum atomic E-state index is 2.51. The summed E-state index contributed by atoms with van der Waals surface area (Å²) in [5.74, 6) is 0. The Kier molecular flexibility index (Phi) is 15.5. The third-order valence-electron chi connectivity index (χ3n) is 5.69. The molecule has 1 heterocycles. The highest BCUT2D eigenvalue weighted by atomic mass is 14.9. The molecule has 0 saturated carbocycles. The zero-order chi connectivity index (χ0) is 19.6. The van der Waals surface area contributed by atoms with Crippen LogP contribution in [-0.4, -0.2) is 0 Å². The van der Waals surface area contributed by atoms with Crippen molar-refractivity contribution in [1.82, 2.24) is 0 Å². The average molecular weight is 375 g/mol. The van der Waals surface area contributed by atoms with Crippen molar-refractivity contribution in [1.29, 1.82) is 0 Å². The van der Waals surface area contributed by atoms with E-state index in [1.165, 1.54) is 116 Å². The van der Waals surface area contributed by atoms with Crippen LogP contribution in [0.15, 0.2) is 18.5 Å². The maximum Gasteiger partial charge on any atom is 0.171 e. The second-order valence-corrected chi connectivity index (χ2v) is 8.53. The first-order valence-electron chi connectivity index (χ1n) is 12.3. The zero-order valence-electron chi connectivity index (χ0n) is 18.9. The molecule has 1 heteroatoms. The lowest BCUT2D eigenvalue weighted by Crippen LogP contribution is -2.34. The summed E-state index contributed by atoms with van der Waals surface area (Å²) in [4.78, 5) is 0. The lowest BCUT2D eigenvalue weighted by Gasteiger charge is -2.07. The molecule has 0 aliphatic heterocycles. The minimum Gasteiger partial charge on any atom is -0.205 e. The fourth-order valence-electron chi connectivity index (χ4n) is 3.94. The Labute approximate surface area is 171 Å². The molecule has 0 spiro atoms. The lowest BCUT2D eigenvalue weighted by molar-refractivity contribution is -0.698. The summed E-state index contributed by atoms with van der Waals surface area (Å²) < 4.78 is 2.51. The fraction of sp³-hybridized carbons (Fsp3) is 0.808. The highest BCUT2D eigenvalue weighted by molar-refractivity contribution is 5.15. The van der Waals surface area contributed by atoms with Crippen molar-refractivity contribution in [2.75, 3.05) is 0 Å². The first kappa shape index (κ1) is 24.2. The molecule has 0 aliphatic rings. The van der Waals surface area contributed by atoms with Crippen molar-refractivity contribution < 1.29 is 4.57 Å². The Hall–Kier alpha value is -0.850. The summed E-state index contributed by atoms with van der Waals surface area (Å²) in [6.07, 6.45) is 28.1. The molecular weight excluding hydrogens is 326 g/mol. The maximum absolute atomic E-state index is 2.51. The molecule has 0 unspecified atom stereocenters. The predicted molar refractivity (Wildman–Crippen MR) is 120 cm³/mol. The Morgan fingerprint density at radius 3 is 1.37 bits per heavy atom. The van der Waals surface area contributed by atoms with E-state index in [2.05, 4.69) is 43.8 Å². The minimum atomic E-state index is 1.20. The van der Waals surface area contributed by atoms with Crippen molar-refractivity contribution in [3.8, 4) is 0 Å². The standard InChI is InChI=1S/C26H48N/c1-4-7-10-13-16-19-25-22-26(20-17-14-11-8-5-2)24-27(23-25)21-18-15-12-9-6-3/h22-24H,4-21H2,1-3H3/q+1. The number of rotatable bonds is 18. The number of pyridine rings is 1. The van der Waals surface area contributed by atoms with Gasteiger partial charge in [-0.05, 0) is 38.2 Å². The van der Waals surface area contributed by atoms with E-state index in [0.29, 0.717) is 0 Å². The Morgan fingerprint density at radius 2 is 0.926 bits per heavy atom. The largest absolute Gasteiger partial charge is 0.205 e. The van der Waals surface area contributed by atoms with Crippen molar-refractivity contribution in [2.45, 2.75) is 136 Å². The van der Waals surface area contributed by atoms with E-state index in [-0.39, 0.29) is 0 Å². The van der Waals surface area contributed by atoms with Crippen LogP contribution in [0, 0.1) is 0 Å². The van der Waals surface area contributed by atoms with Crippen molar-refractivity contribution in [2.24, 2.45) is 0 Å². The molecule has 0 saturated heterocycles. The monoisotopic (exact) mass is 374 g/mol. The van der Waals surface area contributed by atoms with Crippen LogP contribution in [0.25, 0.3) is 0 Å². The first-order valence-corrected chi connectivity index (χ1v) is 12.3. The first-order chi connectivity index (χ1) is 13.3. The number of nitrogens with zero attached hydrogens (tertiary/aromatic N) is 1. The molecular formula is C26H48N+. The highest BCUT2D eigenvalue weighted by Gasteiger charge is 2.08. The van der Waals surface area contributed by atoms with Gasteiger partial charge in [0.05, 0.1) is 0 Å². The Balaban J connectivity index is 2.52. The molecule has 0 fully saturated rings. The third-order valence-corrected chi connectivity index (χ3v) is 5.69. The molecule has 1 nitrogen and oxygen atoms in total.